The lowest BCUT2D eigenvalue weighted by Crippen LogP contribution is -2.14. The number of aliphatic hydroxyl groups excluding tert-OH is 2. The molecule has 0 aromatic carbocycles. The van der Waals surface area contributed by atoms with E-state index < -0.39 is 0 Å². The molecule has 82 valence electrons. The van der Waals surface area contributed by atoms with Crippen LogP contribution in [0.2, 0.25) is 0 Å². The molecule has 0 unspecified atom stereocenters. The Bertz CT molecular complexity index is 52.5. The SMILES string of the molecule is C1OCOCO1.COC.OCCO. The van der Waals surface area contributed by atoms with Crippen LogP contribution in [0.3, 0.4) is 0 Å². The van der Waals surface area contributed by atoms with Crippen LogP contribution in [0, 0.1) is 0 Å². The van der Waals surface area contributed by atoms with Gasteiger partial charge in [0.25, 0.3) is 0 Å². The number of aliphatic hydroxyl groups is 2. The first kappa shape index (κ1) is 15.2. The van der Waals surface area contributed by atoms with Crippen molar-refractivity contribution in [2.24, 2.45) is 0 Å². The van der Waals surface area contributed by atoms with Crippen molar-refractivity contribution in [3.05, 3.63) is 0 Å². The third kappa shape index (κ3) is 24.5. The van der Waals surface area contributed by atoms with Gasteiger partial charge in [0.05, 0.1) is 13.2 Å². The molecule has 6 nitrogen and oxygen atoms in total. The van der Waals surface area contributed by atoms with Gasteiger partial charge in [-0.05, 0) is 0 Å². The second kappa shape index (κ2) is 17.7. The highest BCUT2D eigenvalue weighted by Gasteiger charge is 1.93. The molecule has 0 amide bonds. The Morgan fingerprint density at radius 1 is 0.923 bits per heavy atom. The molecule has 1 aliphatic rings. The molecule has 0 aromatic rings. The van der Waals surface area contributed by atoms with Crippen LogP contribution >= 0.6 is 0 Å². The van der Waals surface area contributed by atoms with Crippen LogP contribution in [0.25, 0.3) is 0 Å². The van der Waals surface area contributed by atoms with Crippen molar-refractivity contribution in [3.8, 4) is 0 Å². The molecule has 1 saturated heterocycles. The summed E-state index contributed by atoms with van der Waals surface area (Å²) in [6.07, 6.45) is 0. The van der Waals surface area contributed by atoms with Crippen LogP contribution in [0.15, 0.2) is 0 Å². The summed E-state index contributed by atoms with van der Waals surface area (Å²) in [4.78, 5) is 0. The van der Waals surface area contributed by atoms with Crippen molar-refractivity contribution in [2.75, 3.05) is 47.8 Å². The topological polar surface area (TPSA) is 77.4 Å². The van der Waals surface area contributed by atoms with E-state index in [0.29, 0.717) is 20.4 Å². The molecule has 0 aromatic heterocycles. The zero-order valence-corrected chi connectivity index (χ0v) is 8.06. The van der Waals surface area contributed by atoms with Gasteiger partial charge in [0.2, 0.25) is 0 Å². The van der Waals surface area contributed by atoms with Crippen molar-refractivity contribution in [3.63, 3.8) is 0 Å². The van der Waals surface area contributed by atoms with Crippen molar-refractivity contribution in [1.82, 2.24) is 0 Å². The van der Waals surface area contributed by atoms with Gasteiger partial charge in [-0.15, -0.1) is 0 Å². The van der Waals surface area contributed by atoms with E-state index in [0.717, 1.165) is 0 Å². The van der Waals surface area contributed by atoms with Gasteiger partial charge in [0, 0.05) is 14.2 Å². The summed E-state index contributed by atoms with van der Waals surface area (Å²) in [5.41, 5.74) is 0. The summed E-state index contributed by atoms with van der Waals surface area (Å²) in [5.74, 6) is 0. The molecular weight excluding hydrogens is 180 g/mol. The maximum absolute atomic E-state index is 7.62. The second-order valence-corrected chi connectivity index (χ2v) is 1.82. The lowest BCUT2D eigenvalue weighted by atomic mass is 10.8. The van der Waals surface area contributed by atoms with E-state index in [1.54, 1.807) is 14.2 Å². The maximum atomic E-state index is 7.62. The third-order valence-corrected chi connectivity index (χ3v) is 0.600. The Labute approximate surface area is 78.0 Å². The van der Waals surface area contributed by atoms with E-state index in [9.17, 15) is 0 Å². The maximum Gasteiger partial charge on any atom is 0.152 e. The average molecular weight is 198 g/mol. The fraction of sp³-hybridized carbons (Fsp3) is 1.00. The summed E-state index contributed by atoms with van der Waals surface area (Å²) < 4.78 is 18.1. The largest absolute Gasteiger partial charge is 0.394 e. The highest BCUT2D eigenvalue weighted by molar-refractivity contribution is 4.09. The van der Waals surface area contributed by atoms with E-state index in [-0.39, 0.29) is 13.2 Å². The monoisotopic (exact) mass is 198 g/mol. The number of hydrogen-bond acceptors (Lipinski definition) is 6. The van der Waals surface area contributed by atoms with Gasteiger partial charge >= 0.3 is 0 Å². The van der Waals surface area contributed by atoms with Crippen LogP contribution in [0.5, 0.6) is 0 Å². The summed E-state index contributed by atoms with van der Waals surface area (Å²) >= 11 is 0. The van der Waals surface area contributed by atoms with Crippen LogP contribution in [-0.2, 0) is 18.9 Å². The van der Waals surface area contributed by atoms with E-state index in [2.05, 4.69) is 18.9 Å². The van der Waals surface area contributed by atoms with E-state index in [1.165, 1.54) is 0 Å². The highest BCUT2D eigenvalue weighted by atomic mass is 16.8. The minimum absolute atomic E-state index is 0.125. The molecule has 1 aliphatic heterocycles. The van der Waals surface area contributed by atoms with Crippen LogP contribution in [0.1, 0.15) is 0 Å². The minimum Gasteiger partial charge on any atom is -0.394 e. The Kier molecular flexibility index (Phi) is 20.8. The molecule has 0 spiro atoms. The number of methoxy groups -OCH3 is 1. The molecular formula is C7H18O6. The third-order valence-electron chi connectivity index (χ3n) is 0.600. The van der Waals surface area contributed by atoms with E-state index in [4.69, 9.17) is 10.2 Å². The molecule has 6 heteroatoms. The fourth-order valence-corrected chi connectivity index (χ4v) is 0.279. The summed E-state index contributed by atoms with van der Waals surface area (Å²) in [6.45, 7) is 0.875. The average Bonchev–Trinajstić information content (AvgIpc) is 2.22. The quantitative estimate of drug-likeness (QED) is 0.572. The van der Waals surface area contributed by atoms with Crippen LogP contribution in [0.4, 0.5) is 0 Å². The summed E-state index contributed by atoms with van der Waals surface area (Å²) in [6, 6.07) is 0. The van der Waals surface area contributed by atoms with Gasteiger partial charge in [0.1, 0.15) is 0 Å². The van der Waals surface area contributed by atoms with Gasteiger partial charge in [-0.25, -0.2) is 0 Å². The first-order valence-electron chi connectivity index (χ1n) is 3.68. The molecule has 1 fully saturated rings. The molecule has 0 aliphatic carbocycles. The standard InChI is InChI=1S/C3H6O3.C2H6O2.C2H6O/c1-4-2-6-3-5-1;3-1-2-4;1-3-2/h1-3H2;3-4H,1-2H2;1-2H3. The first-order valence-corrected chi connectivity index (χ1v) is 3.68. The van der Waals surface area contributed by atoms with E-state index in [1.807, 2.05) is 0 Å². The van der Waals surface area contributed by atoms with Gasteiger partial charge in [-0.1, -0.05) is 0 Å². The molecule has 0 atom stereocenters. The smallest absolute Gasteiger partial charge is 0.152 e. The molecule has 1 rings (SSSR count). The summed E-state index contributed by atoms with van der Waals surface area (Å²) in [5, 5.41) is 15.2. The molecule has 0 saturated carbocycles. The van der Waals surface area contributed by atoms with Crippen molar-refractivity contribution in [2.45, 2.75) is 0 Å². The predicted octanol–water partition coefficient (Wildman–Crippen LogP) is -0.844. The Hall–Kier alpha value is -0.240. The van der Waals surface area contributed by atoms with Gasteiger partial charge in [-0.3, -0.25) is 0 Å². The van der Waals surface area contributed by atoms with E-state index >= 15 is 0 Å². The van der Waals surface area contributed by atoms with Crippen molar-refractivity contribution < 1.29 is 29.2 Å². The normalized spacial score (nSPS) is 14.8. The van der Waals surface area contributed by atoms with Crippen molar-refractivity contribution >= 4 is 0 Å². The second-order valence-electron chi connectivity index (χ2n) is 1.82. The molecule has 1 heterocycles. The van der Waals surface area contributed by atoms with Crippen molar-refractivity contribution in [1.29, 1.82) is 0 Å². The Morgan fingerprint density at radius 2 is 1.15 bits per heavy atom. The molecule has 0 radical (unpaired) electrons. The lowest BCUT2D eigenvalue weighted by Gasteiger charge is -2.10. The summed E-state index contributed by atoms with van der Waals surface area (Å²) in [7, 11) is 3.25. The molecule has 0 bridgehead atoms. The Morgan fingerprint density at radius 3 is 1.23 bits per heavy atom. The number of rotatable bonds is 1. The fourth-order valence-electron chi connectivity index (χ4n) is 0.279. The lowest BCUT2D eigenvalue weighted by molar-refractivity contribution is -0.247. The van der Waals surface area contributed by atoms with Gasteiger partial charge < -0.3 is 29.2 Å². The number of hydrogen-bond donors (Lipinski definition) is 2. The Balaban J connectivity index is 0. The highest BCUT2D eigenvalue weighted by Crippen LogP contribution is 1.87. The predicted molar refractivity (Wildman–Crippen MR) is 45.0 cm³/mol. The van der Waals surface area contributed by atoms with Gasteiger partial charge in [0.15, 0.2) is 20.4 Å². The first-order chi connectivity index (χ1) is 6.33. The van der Waals surface area contributed by atoms with Crippen LogP contribution < -0.4 is 0 Å². The molecule has 13 heavy (non-hydrogen) atoms. The number of ether oxygens (including phenoxy) is 4. The van der Waals surface area contributed by atoms with Crippen LogP contribution in [-0.4, -0.2) is 58.0 Å². The zero-order chi connectivity index (χ0) is 10.4. The minimum atomic E-state index is -0.125. The molecule has 2 N–H and O–H groups in total. The zero-order valence-electron chi connectivity index (χ0n) is 8.06. The van der Waals surface area contributed by atoms with Gasteiger partial charge in [-0.2, -0.15) is 0 Å².